The number of sulfonamides is 1. The van der Waals surface area contributed by atoms with Crippen molar-refractivity contribution in [3.63, 3.8) is 0 Å². The molecule has 0 aromatic heterocycles. The monoisotopic (exact) mass is 354 g/mol. The third kappa shape index (κ3) is 4.25. The number of carboxylic acids is 1. The Kier molecular flexibility index (Phi) is 5.48. The van der Waals surface area contributed by atoms with E-state index in [-0.39, 0.29) is 24.1 Å². The fraction of sp³-hybridized carbons (Fsp3) is 0.500. The molecule has 2 N–H and O–H groups in total. The van der Waals surface area contributed by atoms with E-state index in [0.29, 0.717) is 36.2 Å². The number of hydrogen-bond donors (Lipinski definition) is 2. The summed E-state index contributed by atoms with van der Waals surface area (Å²) in [5, 5.41) is 11.4. The van der Waals surface area contributed by atoms with Crippen molar-refractivity contribution in [1.82, 2.24) is 5.32 Å². The Bertz CT molecular complexity index is 745. The summed E-state index contributed by atoms with van der Waals surface area (Å²) in [5.74, 6) is -1.04. The van der Waals surface area contributed by atoms with Crippen LogP contribution in [0.15, 0.2) is 18.2 Å². The van der Waals surface area contributed by atoms with Gasteiger partial charge in [-0.05, 0) is 50.5 Å². The van der Waals surface area contributed by atoms with Crippen molar-refractivity contribution < 1.29 is 23.1 Å². The minimum absolute atomic E-state index is 0.00775. The number of hydrogen-bond acceptors (Lipinski definition) is 4. The number of nitrogens with zero attached hydrogens (tertiary/aromatic N) is 1. The SMILES string of the molecule is Cc1cc(N2CCCS2(=O)=O)ccc1C(=O)NC(C)CCC(=O)O. The highest BCUT2D eigenvalue weighted by Crippen LogP contribution is 2.26. The van der Waals surface area contributed by atoms with Gasteiger partial charge in [0.15, 0.2) is 0 Å². The standard InChI is InChI=1S/C16H22N2O5S/c1-11-10-13(18-8-3-9-24(18,22)23)5-6-14(11)16(21)17-12(2)4-7-15(19)20/h5-6,10,12H,3-4,7-9H2,1-2H3,(H,17,21)(H,19,20). The van der Waals surface area contributed by atoms with Crippen molar-refractivity contribution in [2.45, 2.75) is 39.2 Å². The van der Waals surface area contributed by atoms with Gasteiger partial charge < -0.3 is 10.4 Å². The molecule has 0 aliphatic carbocycles. The summed E-state index contributed by atoms with van der Waals surface area (Å²) < 4.78 is 25.3. The molecule has 1 unspecified atom stereocenters. The van der Waals surface area contributed by atoms with Gasteiger partial charge in [-0.2, -0.15) is 0 Å². The predicted molar refractivity (Wildman–Crippen MR) is 90.7 cm³/mol. The Balaban J connectivity index is 2.09. The summed E-state index contributed by atoms with van der Waals surface area (Å²) in [6.45, 7) is 3.96. The number of amides is 1. The van der Waals surface area contributed by atoms with Crippen molar-refractivity contribution in [1.29, 1.82) is 0 Å². The molecule has 1 aromatic carbocycles. The number of nitrogens with one attached hydrogen (secondary N) is 1. The van der Waals surface area contributed by atoms with Gasteiger partial charge in [-0.15, -0.1) is 0 Å². The van der Waals surface area contributed by atoms with E-state index in [0.717, 1.165) is 0 Å². The molecule has 1 amide bonds. The van der Waals surface area contributed by atoms with E-state index in [9.17, 15) is 18.0 Å². The average Bonchev–Trinajstić information content (AvgIpc) is 2.84. The first-order valence-electron chi connectivity index (χ1n) is 7.84. The van der Waals surface area contributed by atoms with E-state index in [1.807, 2.05) is 0 Å². The lowest BCUT2D eigenvalue weighted by molar-refractivity contribution is -0.137. The van der Waals surface area contributed by atoms with E-state index in [2.05, 4.69) is 5.32 Å². The Morgan fingerprint density at radius 1 is 1.38 bits per heavy atom. The average molecular weight is 354 g/mol. The maximum absolute atomic E-state index is 12.3. The highest BCUT2D eigenvalue weighted by molar-refractivity contribution is 7.93. The summed E-state index contributed by atoms with van der Waals surface area (Å²) in [6, 6.07) is 4.68. The number of carbonyl (C=O) groups is 2. The van der Waals surface area contributed by atoms with E-state index >= 15 is 0 Å². The van der Waals surface area contributed by atoms with Gasteiger partial charge in [0.25, 0.3) is 5.91 Å². The quantitative estimate of drug-likeness (QED) is 0.806. The van der Waals surface area contributed by atoms with Crippen molar-refractivity contribution in [2.75, 3.05) is 16.6 Å². The first-order chi connectivity index (χ1) is 11.2. The van der Waals surface area contributed by atoms with Gasteiger partial charge in [-0.25, -0.2) is 8.42 Å². The summed E-state index contributed by atoms with van der Waals surface area (Å²) in [5.41, 5.74) is 1.70. The second-order valence-corrected chi connectivity index (χ2v) is 8.06. The molecule has 1 fully saturated rings. The number of carboxylic acid groups (broad SMARTS) is 1. The van der Waals surface area contributed by atoms with Crippen LogP contribution in [0, 0.1) is 6.92 Å². The van der Waals surface area contributed by atoms with Crippen LogP contribution in [0.4, 0.5) is 5.69 Å². The molecule has 1 atom stereocenters. The van der Waals surface area contributed by atoms with Gasteiger partial charge in [0, 0.05) is 24.6 Å². The molecule has 1 aromatic rings. The van der Waals surface area contributed by atoms with Crippen LogP contribution in [-0.2, 0) is 14.8 Å². The molecular weight excluding hydrogens is 332 g/mol. The summed E-state index contributed by atoms with van der Waals surface area (Å²) in [4.78, 5) is 22.9. The molecular formula is C16H22N2O5S. The predicted octanol–water partition coefficient (Wildman–Crippen LogP) is 1.52. The van der Waals surface area contributed by atoms with Crippen LogP contribution in [0.3, 0.4) is 0 Å². The van der Waals surface area contributed by atoms with Crippen LogP contribution >= 0.6 is 0 Å². The van der Waals surface area contributed by atoms with Crippen LogP contribution in [-0.4, -0.2) is 43.7 Å². The fourth-order valence-electron chi connectivity index (χ4n) is 2.70. The zero-order chi connectivity index (χ0) is 17.9. The van der Waals surface area contributed by atoms with Crippen molar-refractivity contribution >= 4 is 27.6 Å². The van der Waals surface area contributed by atoms with Crippen LogP contribution in [0.2, 0.25) is 0 Å². The Morgan fingerprint density at radius 2 is 2.08 bits per heavy atom. The Morgan fingerprint density at radius 3 is 2.62 bits per heavy atom. The lowest BCUT2D eigenvalue weighted by Gasteiger charge is -2.19. The summed E-state index contributed by atoms with van der Waals surface area (Å²) in [6.07, 6.45) is 0.946. The number of aliphatic carboxylic acids is 1. The molecule has 24 heavy (non-hydrogen) atoms. The first-order valence-corrected chi connectivity index (χ1v) is 9.45. The van der Waals surface area contributed by atoms with Crippen molar-refractivity contribution in [3.05, 3.63) is 29.3 Å². The van der Waals surface area contributed by atoms with Crippen molar-refractivity contribution in [2.24, 2.45) is 0 Å². The zero-order valence-corrected chi connectivity index (χ0v) is 14.6. The normalized spacial score (nSPS) is 17.5. The number of rotatable bonds is 6. The highest BCUT2D eigenvalue weighted by Gasteiger charge is 2.28. The van der Waals surface area contributed by atoms with Crippen LogP contribution in [0.1, 0.15) is 42.1 Å². The number of anilines is 1. The zero-order valence-electron chi connectivity index (χ0n) is 13.8. The molecule has 7 nitrogen and oxygen atoms in total. The van der Waals surface area contributed by atoms with Crippen LogP contribution in [0.5, 0.6) is 0 Å². The largest absolute Gasteiger partial charge is 0.481 e. The molecule has 0 saturated carbocycles. The van der Waals surface area contributed by atoms with Gasteiger partial charge >= 0.3 is 5.97 Å². The van der Waals surface area contributed by atoms with Gasteiger partial charge in [0.1, 0.15) is 0 Å². The lowest BCUT2D eigenvalue weighted by atomic mass is 10.1. The maximum atomic E-state index is 12.3. The van der Waals surface area contributed by atoms with Gasteiger partial charge in [-0.1, -0.05) is 0 Å². The maximum Gasteiger partial charge on any atom is 0.303 e. The minimum Gasteiger partial charge on any atom is -0.481 e. The van der Waals surface area contributed by atoms with Crippen molar-refractivity contribution in [3.8, 4) is 0 Å². The molecule has 132 valence electrons. The number of aryl methyl sites for hydroxylation is 1. The molecule has 1 aliphatic heterocycles. The van der Waals surface area contributed by atoms with Gasteiger partial charge in [0.2, 0.25) is 10.0 Å². The fourth-order valence-corrected chi connectivity index (χ4v) is 4.26. The van der Waals surface area contributed by atoms with Crippen LogP contribution < -0.4 is 9.62 Å². The Labute approximate surface area is 141 Å². The van der Waals surface area contributed by atoms with E-state index in [4.69, 9.17) is 5.11 Å². The Hall–Kier alpha value is -2.09. The number of carbonyl (C=O) groups excluding carboxylic acids is 1. The molecule has 0 spiro atoms. The molecule has 2 rings (SSSR count). The topological polar surface area (TPSA) is 104 Å². The second kappa shape index (κ2) is 7.21. The van der Waals surface area contributed by atoms with Gasteiger partial charge in [0.05, 0.1) is 11.4 Å². The first kappa shape index (κ1) is 18.3. The highest BCUT2D eigenvalue weighted by atomic mass is 32.2. The minimum atomic E-state index is -3.25. The van der Waals surface area contributed by atoms with E-state index in [1.54, 1.807) is 32.0 Å². The lowest BCUT2D eigenvalue weighted by Crippen LogP contribution is -2.33. The molecule has 0 radical (unpaired) electrons. The summed E-state index contributed by atoms with van der Waals surface area (Å²) >= 11 is 0. The molecule has 1 aliphatic rings. The van der Waals surface area contributed by atoms with E-state index < -0.39 is 16.0 Å². The van der Waals surface area contributed by atoms with E-state index in [1.165, 1.54) is 4.31 Å². The molecule has 8 heteroatoms. The third-order valence-electron chi connectivity index (χ3n) is 4.01. The number of benzene rings is 1. The van der Waals surface area contributed by atoms with Gasteiger partial charge in [-0.3, -0.25) is 13.9 Å². The summed E-state index contributed by atoms with van der Waals surface area (Å²) in [7, 11) is -3.25. The molecule has 1 heterocycles. The molecule has 1 saturated heterocycles. The van der Waals surface area contributed by atoms with Crippen LogP contribution in [0.25, 0.3) is 0 Å². The second-order valence-electron chi connectivity index (χ2n) is 6.05. The smallest absolute Gasteiger partial charge is 0.303 e. The molecule has 0 bridgehead atoms. The third-order valence-corrected chi connectivity index (χ3v) is 5.88.